The third-order valence-corrected chi connectivity index (χ3v) is 5.81. The van der Waals surface area contributed by atoms with E-state index in [1.54, 1.807) is 0 Å². The summed E-state index contributed by atoms with van der Waals surface area (Å²) in [5, 5.41) is 0. The fraction of sp³-hybridized carbons (Fsp3) is 0.407. The van der Waals surface area contributed by atoms with E-state index in [1.165, 1.54) is 24.2 Å². The zero-order chi connectivity index (χ0) is 22.9. The van der Waals surface area contributed by atoms with Crippen LogP contribution in [0.4, 0.5) is 5.69 Å². The molecule has 0 atom stereocenters. The lowest BCUT2D eigenvalue weighted by molar-refractivity contribution is -0.136. The summed E-state index contributed by atoms with van der Waals surface area (Å²) >= 11 is 0. The van der Waals surface area contributed by atoms with Gasteiger partial charge in [0.25, 0.3) is 11.8 Å². The molecule has 0 N–H and O–H groups in total. The second kappa shape index (κ2) is 11.5. The van der Waals surface area contributed by atoms with E-state index >= 15 is 0 Å². The molecule has 2 amide bonds. The zero-order valence-electron chi connectivity index (χ0n) is 19.5. The summed E-state index contributed by atoms with van der Waals surface area (Å²) in [5.41, 5.74) is 2.48. The Morgan fingerprint density at radius 3 is 2.12 bits per heavy atom. The number of anilines is 1. The van der Waals surface area contributed by atoms with Crippen molar-refractivity contribution in [2.24, 2.45) is 0 Å². The summed E-state index contributed by atoms with van der Waals surface area (Å²) in [7, 11) is 1.85. The maximum Gasteiger partial charge on any atom is 0.278 e. The molecule has 1 heterocycles. The summed E-state index contributed by atoms with van der Waals surface area (Å²) in [6.45, 7) is 5.16. The first-order valence-corrected chi connectivity index (χ1v) is 11.7. The molecule has 1 aliphatic rings. The van der Waals surface area contributed by atoms with Crippen LogP contribution in [0.25, 0.3) is 5.57 Å². The molecule has 3 rings (SSSR count). The number of hydrogen-bond acceptors (Lipinski definition) is 4. The third kappa shape index (κ3) is 5.39. The molecule has 170 valence electrons. The van der Waals surface area contributed by atoms with E-state index < -0.39 is 0 Å². The molecule has 5 heteroatoms. The minimum absolute atomic E-state index is 0.217. The van der Waals surface area contributed by atoms with Gasteiger partial charge in [-0.25, -0.2) is 0 Å². The van der Waals surface area contributed by atoms with Crippen LogP contribution in [0.1, 0.15) is 57.9 Å². The highest BCUT2D eigenvalue weighted by Crippen LogP contribution is 2.34. The number of nitrogens with zero attached hydrogens (tertiary/aromatic N) is 2. The molecule has 1 aliphatic heterocycles. The van der Waals surface area contributed by atoms with Crippen LogP contribution >= 0.6 is 0 Å². The lowest BCUT2D eigenvalue weighted by Crippen LogP contribution is -2.35. The van der Waals surface area contributed by atoms with Crippen molar-refractivity contribution in [1.29, 1.82) is 0 Å². The fourth-order valence-electron chi connectivity index (χ4n) is 4.05. The molecule has 32 heavy (non-hydrogen) atoms. The van der Waals surface area contributed by atoms with Gasteiger partial charge in [0, 0.05) is 19.3 Å². The molecule has 0 aliphatic carbocycles. The summed E-state index contributed by atoms with van der Waals surface area (Å²) in [5.74, 6) is 0.305. The zero-order valence-corrected chi connectivity index (χ0v) is 19.5. The van der Waals surface area contributed by atoms with Crippen molar-refractivity contribution in [3.05, 3.63) is 65.9 Å². The lowest BCUT2D eigenvalue weighted by atomic mass is 10.0. The molecule has 0 unspecified atom stereocenters. The van der Waals surface area contributed by atoms with Crippen LogP contribution in [-0.4, -0.2) is 36.9 Å². The van der Waals surface area contributed by atoms with Crippen LogP contribution in [0, 0.1) is 0 Å². The molecule has 0 bridgehead atoms. The van der Waals surface area contributed by atoms with Crippen LogP contribution < -0.4 is 9.64 Å². The van der Waals surface area contributed by atoms with E-state index in [1.807, 2.05) is 73.5 Å². The second-order valence-corrected chi connectivity index (χ2v) is 8.11. The molecule has 5 nitrogen and oxygen atoms in total. The van der Waals surface area contributed by atoms with Gasteiger partial charge in [-0.15, -0.1) is 0 Å². The molecule has 2 aromatic rings. The van der Waals surface area contributed by atoms with Gasteiger partial charge in [0.1, 0.15) is 11.4 Å². The number of imide groups is 1. The first kappa shape index (κ1) is 23.6. The van der Waals surface area contributed by atoms with E-state index in [0.29, 0.717) is 24.4 Å². The monoisotopic (exact) mass is 434 g/mol. The first-order chi connectivity index (χ1) is 15.6. The third-order valence-electron chi connectivity index (χ3n) is 5.81. The number of hydrogen-bond donors (Lipinski definition) is 0. The van der Waals surface area contributed by atoms with Crippen LogP contribution in [0.3, 0.4) is 0 Å². The van der Waals surface area contributed by atoms with Gasteiger partial charge in [-0.1, -0.05) is 69.4 Å². The fourth-order valence-corrected chi connectivity index (χ4v) is 4.05. The quantitative estimate of drug-likeness (QED) is 0.319. The molecule has 0 aromatic heterocycles. The highest BCUT2D eigenvalue weighted by molar-refractivity contribution is 6.36. The van der Waals surface area contributed by atoms with Gasteiger partial charge in [-0.3, -0.25) is 14.5 Å². The van der Waals surface area contributed by atoms with Gasteiger partial charge in [0.2, 0.25) is 0 Å². The molecular weight excluding hydrogens is 400 g/mol. The van der Waals surface area contributed by atoms with Crippen molar-refractivity contribution in [3.8, 4) is 5.75 Å². The van der Waals surface area contributed by atoms with E-state index in [9.17, 15) is 9.59 Å². The number of carbonyl (C=O) groups is 2. The largest absolute Gasteiger partial charge is 0.494 e. The van der Waals surface area contributed by atoms with Gasteiger partial charge >= 0.3 is 0 Å². The summed E-state index contributed by atoms with van der Waals surface area (Å²) in [4.78, 5) is 30.1. The Morgan fingerprint density at radius 2 is 1.47 bits per heavy atom. The van der Waals surface area contributed by atoms with Crippen LogP contribution in [0.15, 0.2) is 60.3 Å². The second-order valence-electron chi connectivity index (χ2n) is 8.11. The number of rotatable bonds is 12. The maximum atomic E-state index is 13.4. The van der Waals surface area contributed by atoms with Crippen molar-refractivity contribution in [2.75, 3.05) is 25.1 Å². The topological polar surface area (TPSA) is 49.9 Å². The number of carbonyl (C=O) groups excluding carboxylic acids is 2. The van der Waals surface area contributed by atoms with Gasteiger partial charge in [0.15, 0.2) is 0 Å². The smallest absolute Gasteiger partial charge is 0.278 e. The highest BCUT2D eigenvalue weighted by atomic mass is 16.5. The van der Waals surface area contributed by atoms with Gasteiger partial charge in [-0.05, 0) is 43.2 Å². The number of unbranched alkanes of at least 4 members (excludes halogenated alkanes) is 5. The Kier molecular flexibility index (Phi) is 8.48. The normalized spacial score (nSPS) is 13.8. The molecule has 0 radical (unpaired) electrons. The van der Waals surface area contributed by atoms with Crippen LogP contribution in [-0.2, 0) is 9.59 Å². The summed E-state index contributed by atoms with van der Waals surface area (Å²) < 4.78 is 5.54. The number of likely N-dealkylation sites (N-methyl/N-ethyl adjacent to an activating group) is 1. The predicted molar refractivity (Wildman–Crippen MR) is 129 cm³/mol. The molecular formula is C27H34N2O3. The minimum Gasteiger partial charge on any atom is -0.494 e. The summed E-state index contributed by atoms with van der Waals surface area (Å²) in [6.07, 6.45) is 6.64. The van der Waals surface area contributed by atoms with Crippen molar-refractivity contribution >= 4 is 23.1 Å². The Balaban J connectivity index is 1.87. The van der Waals surface area contributed by atoms with E-state index in [-0.39, 0.29) is 11.8 Å². The average Bonchev–Trinajstić information content (AvgIpc) is 3.06. The van der Waals surface area contributed by atoms with Crippen molar-refractivity contribution in [3.63, 3.8) is 0 Å². The standard InChI is InChI=1S/C27H34N2O3/c1-4-6-7-8-9-13-20-29-26(30)24(21-16-18-23(19-17-21)32-5-2)25(27(29)31)28(3)22-14-11-10-12-15-22/h10-12,14-19H,4-9,13,20H2,1-3H3. The SMILES string of the molecule is CCCCCCCCN1C(=O)C(c2ccc(OCC)cc2)=C(N(C)c2ccccc2)C1=O. The number of amides is 2. The predicted octanol–water partition coefficient (Wildman–Crippen LogP) is 5.66. The first-order valence-electron chi connectivity index (χ1n) is 11.7. The van der Waals surface area contributed by atoms with Crippen molar-refractivity contribution in [2.45, 2.75) is 52.4 Å². The van der Waals surface area contributed by atoms with E-state index in [0.717, 1.165) is 36.3 Å². The maximum absolute atomic E-state index is 13.4. The number of benzene rings is 2. The van der Waals surface area contributed by atoms with Gasteiger partial charge in [-0.2, -0.15) is 0 Å². The van der Waals surface area contributed by atoms with Gasteiger partial charge in [0.05, 0.1) is 12.2 Å². The molecule has 0 saturated heterocycles. The summed E-state index contributed by atoms with van der Waals surface area (Å²) in [6, 6.07) is 17.1. The van der Waals surface area contributed by atoms with Gasteiger partial charge < -0.3 is 9.64 Å². The Bertz CT molecular complexity index is 935. The molecule has 0 saturated carbocycles. The number of ether oxygens (including phenoxy) is 1. The molecule has 0 spiro atoms. The van der Waals surface area contributed by atoms with E-state index in [4.69, 9.17) is 4.74 Å². The van der Waals surface area contributed by atoms with Crippen LogP contribution in [0.5, 0.6) is 5.75 Å². The Morgan fingerprint density at radius 1 is 0.812 bits per heavy atom. The highest BCUT2D eigenvalue weighted by Gasteiger charge is 2.40. The molecule has 2 aromatic carbocycles. The average molecular weight is 435 g/mol. The lowest BCUT2D eigenvalue weighted by Gasteiger charge is -2.21. The Hall–Kier alpha value is -3.08. The van der Waals surface area contributed by atoms with Crippen molar-refractivity contribution in [1.82, 2.24) is 4.90 Å². The van der Waals surface area contributed by atoms with Crippen LogP contribution in [0.2, 0.25) is 0 Å². The number of para-hydroxylation sites is 1. The van der Waals surface area contributed by atoms with Crippen molar-refractivity contribution < 1.29 is 14.3 Å². The minimum atomic E-state index is -0.223. The Labute approximate surface area is 191 Å². The van der Waals surface area contributed by atoms with E-state index in [2.05, 4.69) is 6.92 Å². The molecule has 0 fully saturated rings.